The number of thiazole rings is 1. The Morgan fingerprint density at radius 1 is 1.33 bits per heavy atom. The molecule has 42 heavy (non-hydrogen) atoms. The number of aliphatic carboxylic acids is 1. The molecule has 3 heterocycles. The van der Waals surface area contributed by atoms with E-state index in [2.05, 4.69) is 36.0 Å². The van der Waals surface area contributed by atoms with E-state index in [1.165, 1.54) is 11.6 Å². The second kappa shape index (κ2) is 12.5. The maximum atomic E-state index is 13.2. The van der Waals surface area contributed by atoms with Gasteiger partial charge in [0.2, 0.25) is 5.60 Å². The average molecular weight is 631 g/mol. The lowest BCUT2D eigenvalue weighted by molar-refractivity contribution is -0.153. The maximum absolute atomic E-state index is 13.2. The van der Waals surface area contributed by atoms with E-state index in [-0.39, 0.29) is 42.7 Å². The molecular formula is C20H30N12O8S2. The largest absolute Gasteiger partial charge is 0.478 e. The minimum atomic E-state index is -4.92. The second-order valence-electron chi connectivity index (χ2n) is 9.35. The van der Waals surface area contributed by atoms with Crippen molar-refractivity contribution in [2.24, 2.45) is 21.6 Å². The van der Waals surface area contributed by atoms with Gasteiger partial charge in [-0.2, -0.15) is 23.4 Å². The van der Waals surface area contributed by atoms with Crippen molar-refractivity contribution < 1.29 is 37.6 Å². The highest BCUT2D eigenvalue weighted by molar-refractivity contribution is 7.83. The molecule has 1 aliphatic heterocycles. The monoisotopic (exact) mass is 630 g/mol. The molecule has 22 heteroatoms. The lowest BCUT2D eigenvalue weighted by Gasteiger charge is -2.49. The molecule has 2 unspecified atom stereocenters. The van der Waals surface area contributed by atoms with Crippen LogP contribution in [0.2, 0.25) is 0 Å². The number of carboxylic acids is 1. The topological polar surface area (TPSA) is 312 Å². The van der Waals surface area contributed by atoms with Gasteiger partial charge in [-0.15, -0.1) is 15.6 Å². The predicted octanol–water partition coefficient (Wildman–Crippen LogP) is -3.60. The summed E-state index contributed by atoms with van der Waals surface area (Å²) in [4.78, 5) is 39.1. The number of rotatable bonds is 14. The molecule has 230 valence electrons. The van der Waals surface area contributed by atoms with Gasteiger partial charge in [0.1, 0.15) is 17.6 Å². The molecule has 20 nitrogen and oxygen atoms in total. The average Bonchev–Trinajstić information content (AvgIpc) is 3.38. The Hall–Kier alpha value is -3.96. The number of nitrogens with zero attached hydrogens (tertiary/aromatic N) is 7. The fraction of sp³-hybridized carbons (Fsp3) is 0.550. The third kappa shape index (κ3) is 7.08. The third-order valence-corrected chi connectivity index (χ3v) is 8.00. The molecule has 0 aromatic carbocycles. The lowest BCUT2D eigenvalue weighted by atomic mass is 9.97. The highest BCUT2D eigenvalue weighted by Gasteiger charge is 2.56. The van der Waals surface area contributed by atoms with Crippen molar-refractivity contribution in [3.05, 3.63) is 23.0 Å². The number of amides is 1. The Kier molecular flexibility index (Phi) is 9.22. The minimum Gasteiger partial charge on any atom is -0.478 e. The SMILES string of the molecule is NCCCNC(N)=NCc1cnn(C[C@@H]2C(NC(=O)/C(=N\OC3(C(=O)O)CC3)c3csc(N)n3)C(O)N2S(=O)(=O)O)n1. The van der Waals surface area contributed by atoms with Gasteiger partial charge in [-0.25, -0.2) is 14.8 Å². The smallest absolute Gasteiger partial charge is 0.350 e. The van der Waals surface area contributed by atoms with Crippen LogP contribution in [0.1, 0.15) is 30.7 Å². The van der Waals surface area contributed by atoms with Crippen LogP contribution in [0.25, 0.3) is 0 Å². The van der Waals surface area contributed by atoms with Gasteiger partial charge in [-0.05, 0) is 13.0 Å². The van der Waals surface area contributed by atoms with Crippen molar-refractivity contribution >= 4 is 50.3 Å². The Morgan fingerprint density at radius 2 is 2.07 bits per heavy atom. The van der Waals surface area contributed by atoms with Crippen LogP contribution in [0.4, 0.5) is 5.13 Å². The quantitative estimate of drug-likeness (QED) is 0.0329. The van der Waals surface area contributed by atoms with Gasteiger partial charge in [-0.3, -0.25) is 9.35 Å². The summed E-state index contributed by atoms with van der Waals surface area (Å²) in [6.07, 6.45) is 0.539. The first-order valence-corrected chi connectivity index (χ1v) is 14.7. The van der Waals surface area contributed by atoms with E-state index in [1.807, 2.05) is 0 Å². The van der Waals surface area contributed by atoms with Crippen molar-refractivity contribution in [3.63, 3.8) is 0 Å². The van der Waals surface area contributed by atoms with E-state index in [0.29, 0.717) is 29.5 Å². The van der Waals surface area contributed by atoms with E-state index < -0.39 is 51.8 Å². The molecule has 2 aliphatic rings. The van der Waals surface area contributed by atoms with Crippen molar-refractivity contribution in [2.75, 3.05) is 18.8 Å². The number of nitrogens with two attached hydrogens (primary N) is 3. The Bertz CT molecular complexity index is 1470. The molecule has 1 saturated heterocycles. The summed E-state index contributed by atoms with van der Waals surface area (Å²) in [5.41, 5.74) is 15.2. The lowest BCUT2D eigenvalue weighted by Crippen LogP contribution is -2.75. The van der Waals surface area contributed by atoms with Gasteiger partial charge in [0, 0.05) is 24.8 Å². The summed E-state index contributed by atoms with van der Waals surface area (Å²) in [6.45, 7) is 0.769. The number of hydrogen-bond acceptors (Lipinski definition) is 14. The molecule has 1 aliphatic carbocycles. The van der Waals surface area contributed by atoms with E-state index in [0.717, 1.165) is 16.1 Å². The summed E-state index contributed by atoms with van der Waals surface area (Å²) in [7, 11) is -4.92. The first kappa shape index (κ1) is 31.0. The van der Waals surface area contributed by atoms with E-state index >= 15 is 0 Å². The molecule has 3 atom stereocenters. The first-order valence-electron chi connectivity index (χ1n) is 12.4. The van der Waals surface area contributed by atoms with E-state index in [9.17, 15) is 32.8 Å². The van der Waals surface area contributed by atoms with Crippen LogP contribution >= 0.6 is 11.3 Å². The normalized spacial score (nSPS) is 22.3. The minimum absolute atomic E-state index is 0.0380. The fourth-order valence-corrected chi connectivity index (χ4v) is 5.39. The summed E-state index contributed by atoms with van der Waals surface area (Å²) >= 11 is 0.981. The molecule has 1 saturated carbocycles. The van der Waals surface area contributed by atoms with Gasteiger partial charge in [0.05, 0.1) is 31.4 Å². The summed E-state index contributed by atoms with van der Waals surface area (Å²) in [6, 6.07) is -2.54. The molecule has 0 bridgehead atoms. The van der Waals surface area contributed by atoms with Gasteiger partial charge in [0.15, 0.2) is 16.8 Å². The van der Waals surface area contributed by atoms with Crippen LogP contribution in [0.5, 0.6) is 0 Å². The van der Waals surface area contributed by atoms with Crippen molar-refractivity contribution in [2.45, 2.75) is 56.3 Å². The highest BCUT2D eigenvalue weighted by Crippen LogP contribution is 2.40. The summed E-state index contributed by atoms with van der Waals surface area (Å²) in [5, 5.41) is 38.6. The number of nitrogen functional groups attached to an aromatic ring is 1. The number of aliphatic imine (C=N–C) groups is 1. The highest BCUT2D eigenvalue weighted by atomic mass is 32.2. The number of carboxylic acid groups (broad SMARTS) is 1. The predicted molar refractivity (Wildman–Crippen MR) is 146 cm³/mol. The van der Waals surface area contributed by atoms with Crippen LogP contribution in [-0.4, -0.2) is 108 Å². The number of anilines is 1. The number of nitrogens with one attached hydrogen (secondary N) is 2. The number of aromatic nitrogens is 4. The van der Waals surface area contributed by atoms with Gasteiger partial charge in [-0.1, -0.05) is 5.16 Å². The van der Waals surface area contributed by atoms with Crippen LogP contribution in [0.3, 0.4) is 0 Å². The van der Waals surface area contributed by atoms with E-state index in [1.54, 1.807) is 0 Å². The molecule has 0 radical (unpaired) electrons. The molecule has 0 spiro atoms. The van der Waals surface area contributed by atoms with Gasteiger partial charge >= 0.3 is 16.3 Å². The Balaban J connectivity index is 1.49. The summed E-state index contributed by atoms with van der Waals surface area (Å²) in [5.74, 6) is -2.07. The van der Waals surface area contributed by atoms with Crippen LogP contribution in [0.15, 0.2) is 21.7 Å². The zero-order chi connectivity index (χ0) is 30.7. The maximum Gasteiger partial charge on any atom is 0.350 e. The number of aliphatic hydroxyl groups is 1. The molecule has 2 aromatic heterocycles. The zero-order valence-electron chi connectivity index (χ0n) is 21.9. The molecule has 1 amide bonds. The third-order valence-electron chi connectivity index (χ3n) is 6.31. The number of carbonyl (C=O) groups excluding carboxylic acids is 1. The van der Waals surface area contributed by atoms with Crippen molar-refractivity contribution in [1.29, 1.82) is 0 Å². The second-order valence-corrected chi connectivity index (χ2v) is 11.6. The first-order chi connectivity index (χ1) is 19.8. The number of oxime groups is 1. The van der Waals surface area contributed by atoms with Crippen molar-refractivity contribution in [1.82, 2.24) is 34.9 Å². The van der Waals surface area contributed by atoms with Crippen LogP contribution < -0.4 is 27.8 Å². The molecule has 4 rings (SSSR count). The van der Waals surface area contributed by atoms with E-state index in [4.69, 9.17) is 22.0 Å². The number of hydrogen-bond donors (Lipinski definition) is 8. The molecule has 2 aromatic rings. The fourth-order valence-electron chi connectivity index (χ4n) is 3.90. The number of carbonyl (C=O) groups is 2. The number of aliphatic hydroxyl groups excluding tert-OH is 1. The van der Waals surface area contributed by atoms with Crippen LogP contribution in [0, 0.1) is 0 Å². The molecule has 2 fully saturated rings. The molecular weight excluding hydrogens is 600 g/mol. The summed E-state index contributed by atoms with van der Waals surface area (Å²) < 4.78 is 34.0. The Morgan fingerprint density at radius 3 is 2.67 bits per heavy atom. The zero-order valence-corrected chi connectivity index (χ0v) is 23.5. The number of guanidine groups is 1. The van der Waals surface area contributed by atoms with Crippen LogP contribution in [-0.2, 0) is 37.8 Å². The van der Waals surface area contributed by atoms with Gasteiger partial charge < -0.3 is 42.9 Å². The van der Waals surface area contributed by atoms with Crippen molar-refractivity contribution in [3.8, 4) is 0 Å². The van der Waals surface area contributed by atoms with Gasteiger partial charge in [0.25, 0.3) is 5.91 Å². The molecule has 11 N–H and O–H groups in total. The standard InChI is InChI=1S/C20H30N12O8S2/c21-4-1-5-24-18(22)25-6-10-7-26-31(29-10)8-12-14(16(34)32(12)42(37,38)39)28-15(33)13(11-9-41-19(23)27-11)30-40-20(2-3-20)17(35)36/h7,9,12,14,16,34H,1-6,8,21H2,(H2,23,27)(H,28,33)(H,35,36)(H3,22,24,25)(H,37,38,39)/b30-13-/t12-,14?,16?/m1/s1. The Labute approximate surface area is 242 Å².